The standard InChI is InChI=1S/C16H17N5O3S/c1-25(23,24)20-10-15(22)18-9-12-5-4-8-17-16(12)21-11-19-13-6-2-3-7-14(13)21/h2-8,11,20H,9-10H2,1H3,(H,18,22). The summed E-state index contributed by atoms with van der Waals surface area (Å²) >= 11 is 0. The van der Waals surface area contributed by atoms with Gasteiger partial charge in [-0.15, -0.1) is 0 Å². The summed E-state index contributed by atoms with van der Waals surface area (Å²) in [6, 6.07) is 11.3. The lowest BCUT2D eigenvalue weighted by molar-refractivity contribution is -0.120. The van der Waals surface area contributed by atoms with Gasteiger partial charge in [-0.05, 0) is 18.2 Å². The number of rotatable bonds is 6. The number of carbonyl (C=O) groups excluding carboxylic acids is 1. The lowest BCUT2D eigenvalue weighted by atomic mass is 10.2. The number of sulfonamides is 1. The Morgan fingerprint density at radius 3 is 2.76 bits per heavy atom. The van der Waals surface area contributed by atoms with Crippen LogP contribution < -0.4 is 10.0 Å². The fraction of sp³-hybridized carbons (Fsp3) is 0.188. The SMILES string of the molecule is CS(=O)(=O)NCC(=O)NCc1cccnc1-n1cnc2ccccc21. The Labute approximate surface area is 145 Å². The smallest absolute Gasteiger partial charge is 0.235 e. The van der Waals surface area contributed by atoms with Crippen LogP contribution in [0.4, 0.5) is 0 Å². The zero-order valence-electron chi connectivity index (χ0n) is 13.5. The number of aromatic nitrogens is 3. The van der Waals surface area contributed by atoms with E-state index >= 15 is 0 Å². The summed E-state index contributed by atoms with van der Waals surface area (Å²) in [6.07, 6.45) is 4.35. The highest BCUT2D eigenvalue weighted by atomic mass is 32.2. The van der Waals surface area contributed by atoms with Crippen molar-refractivity contribution >= 4 is 27.0 Å². The maximum absolute atomic E-state index is 11.8. The molecule has 0 aliphatic heterocycles. The number of pyridine rings is 1. The van der Waals surface area contributed by atoms with Crippen LogP contribution in [0, 0.1) is 0 Å². The second-order valence-electron chi connectivity index (χ2n) is 5.46. The Morgan fingerprint density at radius 2 is 1.96 bits per heavy atom. The molecular formula is C16H17N5O3S. The molecule has 1 aromatic carbocycles. The summed E-state index contributed by atoms with van der Waals surface area (Å²) < 4.78 is 26.1. The molecule has 1 amide bonds. The molecule has 0 radical (unpaired) electrons. The average molecular weight is 359 g/mol. The van der Waals surface area contributed by atoms with Gasteiger partial charge in [0.2, 0.25) is 15.9 Å². The van der Waals surface area contributed by atoms with Gasteiger partial charge in [-0.1, -0.05) is 18.2 Å². The van der Waals surface area contributed by atoms with Crippen molar-refractivity contribution in [3.8, 4) is 5.82 Å². The second kappa shape index (κ2) is 6.99. The van der Waals surface area contributed by atoms with Gasteiger partial charge < -0.3 is 5.32 Å². The van der Waals surface area contributed by atoms with Crippen LogP contribution in [0.25, 0.3) is 16.9 Å². The lowest BCUT2D eigenvalue weighted by Crippen LogP contribution is -2.36. The van der Waals surface area contributed by atoms with Gasteiger partial charge in [0, 0.05) is 18.3 Å². The molecule has 0 saturated heterocycles. The molecule has 8 nitrogen and oxygen atoms in total. The van der Waals surface area contributed by atoms with E-state index in [0.717, 1.165) is 22.9 Å². The van der Waals surface area contributed by atoms with Crippen LogP contribution in [0.5, 0.6) is 0 Å². The highest BCUT2D eigenvalue weighted by molar-refractivity contribution is 7.88. The van der Waals surface area contributed by atoms with Gasteiger partial charge in [0.25, 0.3) is 0 Å². The number of nitrogens with one attached hydrogen (secondary N) is 2. The van der Waals surface area contributed by atoms with E-state index in [4.69, 9.17) is 0 Å². The Morgan fingerprint density at radius 1 is 1.16 bits per heavy atom. The molecule has 0 aliphatic rings. The number of para-hydroxylation sites is 2. The molecule has 3 aromatic rings. The fourth-order valence-electron chi connectivity index (χ4n) is 2.37. The van der Waals surface area contributed by atoms with Gasteiger partial charge in [0.1, 0.15) is 12.1 Å². The van der Waals surface area contributed by atoms with Crippen molar-refractivity contribution in [2.24, 2.45) is 0 Å². The first-order chi connectivity index (χ1) is 11.9. The summed E-state index contributed by atoms with van der Waals surface area (Å²) in [4.78, 5) is 20.5. The van der Waals surface area contributed by atoms with E-state index in [1.54, 1.807) is 18.6 Å². The second-order valence-corrected chi connectivity index (χ2v) is 7.29. The van der Waals surface area contributed by atoms with Crippen LogP contribution in [-0.2, 0) is 21.4 Å². The number of hydrogen-bond donors (Lipinski definition) is 2. The predicted octanol–water partition coefficient (Wildman–Crippen LogP) is 0.586. The fourth-order valence-corrected chi connectivity index (χ4v) is 2.76. The first-order valence-corrected chi connectivity index (χ1v) is 9.41. The van der Waals surface area contributed by atoms with Gasteiger partial charge in [0.05, 0.1) is 23.8 Å². The van der Waals surface area contributed by atoms with Gasteiger partial charge in [0.15, 0.2) is 0 Å². The van der Waals surface area contributed by atoms with Gasteiger partial charge in [-0.2, -0.15) is 0 Å². The van der Waals surface area contributed by atoms with E-state index in [0.29, 0.717) is 5.82 Å². The number of nitrogens with zero attached hydrogens (tertiary/aromatic N) is 3. The van der Waals surface area contributed by atoms with Crippen molar-refractivity contribution in [2.75, 3.05) is 12.8 Å². The lowest BCUT2D eigenvalue weighted by Gasteiger charge is -2.11. The highest BCUT2D eigenvalue weighted by Crippen LogP contribution is 2.19. The molecule has 2 N–H and O–H groups in total. The van der Waals surface area contributed by atoms with Gasteiger partial charge in [-0.25, -0.2) is 23.1 Å². The summed E-state index contributed by atoms with van der Waals surface area (Å²) in [5.41, 5.74) is 2.55. The third kappa shape index (κ3) is 4.20. The maximum atomic E-state index is 11.8. The van der Waals surface area contributed by atoms with Gasteiger partial charge in [-0.3, -0.25) is 9.36 Å². The van der Waals surface area contributed by atoms with E-state index < -0.39 is 15.9 Å². The van der Waals surface area contributed by atoms with Crippen LogP contribution >= 0.6 is 0 Å². The van der Waals surface area contributed by atoms with Crippen LogP contribution in [0.3, 0.4) is 0 Å². The molecule has 0 unspecified atom stereocenters. The van der Waals surface area contributed by atoms with E-state index in [1.165, 1.54) is 0 Å². The number of hydrogen-bond acceptors (Lipinski definition) is 5. The molecule has 2 heterocycles. The van der Waals surface area contributed by atoms with Crippen LogP contribution in [0.1, 0.15) is 5.56 Å². The van der Waals surface area contributed by atoms with Gasteiger partial charge >= 0.3 is 0 Å². The van der Waals surface area contributed by atoms with Crippen molar-refractivity contribution in [2.45, 2.75) is 6.54 Å². The number of imidazole rings is 1. The summed E-state index contributed by atoms with van der Waals surface area (Å²) in [7, 11) is -3.41. The van der Waals surface area contributed by atoms with Crippen molar-refractivity contribution in [1.29, 1.82) is 0 Å². The number of benzene rings is 1. The van der Waals surface area contributed by atoms with E-state index in [2.05, 4.69) is 20.0 Å². The molecule has 0 spiro atoms. The summed E-state index contributed by atoms with van der Waals surface area (Å²) in [6.45, 7) is -0.0810. The molecule has 25 heavy (non-hydrogen) atoms. The zero-order chi connectivity index (χ0) is 17.9. The molecule has 0 fully saturated rings. The van der Waals surface area contributed by atoms with Crippen molar-refractivity contribution in [3.63, 3.8) is 0 Å². The normalized spacial score (nSPS) is 11.6. The molecule has 0 aliphatic carbocycles. The molecule has 0 atom stereocenters. The molecule has 2 aromatic heterocycles. The third-order valence-electron chi connectivity index (χ3n) is 3.52. The molecule has 9 heteroatoms. The Hall–Kier alpha value is -2.78. The van der Waals surface area contributed by atoms with Crippen molar-refractivity contribution < 1.29 is 13.2 Å². The monoisotopic (exact) mass is 359 g/mol. The van der Waals surface area contributed by atoms with Crippen molar-refractivity contribution in [1.82, 2.24) is 24.6 Å². The topological polar surface area (TPSA) is 106 Å². The highest BCUT2D eigenvalue weighted by Gasteiger charge is 2.11. The molecule has 130 valence electrons. The molecule has 0 saturated carbocycles. The third-order valence-corrected chi connectivity index (χ3v) is 4.19. The Kier molecular flexibility index (Phi) is 4.77. The predicted molar refractivity (Wildman–Crippen MR) is 93.6 cm³/mol. The molecule has 0 bridgehead atoms. The minimum Gasteiger partial charge on any atom is -0.351 e. The van der Waals surface area contributed by atoms with E-state index in [9.17, 15) is 13.2 Å². The van der Waals surface area contributed by atoms with Crippen LogP contribution in [0.15, 0.2) is 48.9 Å². The van der Waals surface area contributed by atoms with Crippen LogP contribution in [0.2, 0.25) is 0 Å². The van der Waals surface area contributed by atoms with Crippen molar-refractivity contribution in [3.05, 3.63) is 54.5 Å². The zero-order valence-corrected chi connectivity index (χ0v) is 14.3. The summed E-state index contributed by atoms with van der Waals surface area (Å²) in [5, 5.41) is 2.68. The molecular weight excluding hydrogens is 342 g/mol. The number of carbonyl (C=O) groups is 1. The van der Waals surface area contributed by atoms with E-state index in [1.807, 2.05) is 34.9 Å². The first-order valence-electron chi connectivity index (χ1n) is 7.52. The number of fused-ring (bicyclic) bond motifs is 1. The minimum atomic E-state index is -3.41. The molecule has 3 rings (SSSR count). The quantitative estimate of drug-likeness (QED) is 0.670. The van der Waals surface area contributed by atoms with E-state index in [-0.39, 0.29) is 13.1 Å². The Bertz CT molecular complexity index is 1010. The minimum absolute atomic E-state index is 0.222. The average Bonchev–Trinajstić information content (AvgIpc) is 3.02. The largest absolute Gasteiger partial charge is 0.351 e. The number of amides is 1. The Balaban J connectivity index is 1.79. The summed E-state index contributed by atoms with van der Waals surface area (Å²) in [5.74, 6) is 0.239. The maximum Gasteiger partial charge on any atom is 0.235 e. The first kappa shape index (κ1) is 17.1. The van der Waals surface area contributed by atoms with Crippen LogP contribution in [-0.4, -0.2) is 41.7 Å².